The Morgan fingerprint density at radius 2 is 1.84 bits per heavy atom. The van der Waals surface area contributed by atoms with Crippen LogP contribution in [0, 0.1) is 0 Å². The molecular formula is C24H25N3O5. The summed E-state index contributed by atoms with van der Waals surface area (Å²) in [4.78, 5) is 25.0. The number of rotatable bonds is 6. The van der Waals surface area contributed by atoms with Crippen molar-refractivity contribution in [2.45, 2.75) is 19.8 Å². The van der Waals surface area contributed by atoms with E-state index in [1.807, 2.05) is 25.1 Å². The van der Waals surface area contributed by atoms with Crippen LogP contribution in [0.25, 0.3) is 11.3 Å². The van der Waals surface area contributed by atoms with Gasteiger partial charge in [0.1, 0.15) is 5.69 Å². The molecule has 0 aliphatic carbocycles. The summed E-state index contributed by atoms with van der Waals surface area (Å²) in [6, 6.07) is 12.1. The van der Waals surface area contributed by atoms with E-state index in [2.05, 4.69) is 10.4 Å². The molecule has 0 bridgehead atoms. The molecular weight excluding hydrogens is 410 g/mol. The predicted molar refractivity (Wildman–Crippen MR) is 119 cm³/mol. The van der Waals surface area contributed by atoms with Gasteiger partial charge in [-0.2, -0.15) is 5.10 Å². The molecule has 166 valence electrons. The number of aromatic nitrogens is 2. The Kier molecular flexibility index (Phi) is 6.39. The predicted octanol–water partition coefficient (Wildman–Crippen LogP) is 4.07. The highest BCUT2D eigenvalue weighted by atomic mass is 16.5. The summed E-state index contributed by atoms with van der Waals surface area (Å²) in [6.45, 7) is 3.50. The molecule has 32 heavy (non-hydrogen) atoms. The van der Waals surface area contributed by atoms with Gasteiger partial charge in [0.2, 0.25) is 0 Å². The molecule has 3 aromatic rings. The Morgan fingerprint density at radius 3 is 2.59 bits per heavy atom. The fourth-order valence-electron chi connectivity index (χ4n) is 3.34. The van der Waals surface area contributed by atoms with Gasteiger partial charge in [-0.3, -0.25) is 9.48 Å². The van der Waals surface area contributed by atoms with Crippen molar-refractivity contribution in [1.82, 2.24) is 9.78 Å². The van der Waals surface area contributed by atoms with E-state index in [-0.39, 0.29) is 11.9 Å². The maximum atomic E-state index is 13.0. The zero-order chi connectivity index (χ0) is 22.5. The summed E-state index contributed by atoms with van der Waals surface area (Å²) in [7, 11) is 1.76. The fourth-order valence-corrected chi connectivity index (χ4v) is 3.34. The molecule has 8 heteroatoms. The Balaban J connectivity index is 1.53. The van der Waals surface area contributed by atoms with E-state index in [1.54, 1.807) is 42.2 Å². The third kappa shape index (κ3) is 4.74. The van der Waals surface area contributed by atoms with Gasteiger partial charge in [-0.25, -0.2) is 4.79 Å². The molecule has 2 aromatic carbocycles. The summed E-state index contributed by atoms with van der Waals surface area (Å²) in [5.41, 5.74) is 2.73. The van der Waals surface area contributed by atoms with Crippen molar-refractivity contribution in [2.75, 3.05) is 25.1 Å². The van der Waals surface area contributed by atoms with Gasteiger partial charge >= 0.3 is 5.97 Å². The van der Waals surface area contributed by atoms with Gasteiger partial charge in [0.05, 0.1) is 30.9 Å². The van der Waals surface area contributed by atoms with Crippen LogP contribution in [0.4, 0.5) is 5.69 Å². The van der Waals surface area contributed by atoms with E-state index in [0.29, 0.717) is 53.8 Å². The van der Waals surface area contributed by atoms with Crippen molar-refractivity contribution in [3.05, 3.63) is 59.8 Å². The van der Waals surface area contributed by atoms with Crippen LogP contribution in [0.5, 0.6) is 11.5 Å². The number of fused-ring (bicyclic) bond motifs is 1. The van der Waals surface area contributed by atoms with Crippen molar-refractivity contribution in [3.8, 4) is 22.8 Å². The third-order valence-electron chi connectivity index (χ3n) is 4.91. The molecule has 1 amide bonds. The molecule has 0 saturated heterocycles. The van der Waals surface area contributed by atoms with Crippen molar-refractivity contribution in [3.63, 3.8) is 0 Å². The van der Waals surface area contributed by atoms with Crippen LogP contribution in [0.15, 0.2) is 48.7 Å². The molecule has 0 saturated carbocycles. The second-order valence-corrected chi connectivity index (χ2v) is 7.44. The summed E-state index contributed by atoms with van der Waals surface area (Å²) in [5.74, 6) is 0.642. The first-order valence-corrected chi connectivity index (χ1v) is 10.6. The minimum Gasteiger partial charge on any atom is -0.490 e. The molecule has 0 unspecified atom stereocenters. The molecule has 0 atom stereocenters. The molecule has 1 aliphatic heterocycles. The fraction of sp³-hybridized carbons (Fsp3) is 0.292. The molecule has 4 rings (SSSR count). The molecule has 1 aromatic heterocycles. The number of amides is 1. The van der Waals surface area contributed by atoms with Gasteiger partial charge in [0.15, 0.2) is 11.5 Å². The lowest BCUT2D eigenvalue weighted by Crippen LogP contribution is -2.13. The number of esters is 1. The monoisotopic (exact) mass is 435 g/mol. The van der Waals surface area contributed by atoms with Gasteiger partial charge in [0.25, 0.3) is 5.91 Å². The van der Waals surface area contributed by atoms with Crippen LogP contribution in [0.3, 0.4) is 0 Å². The normalized spacial score (nSPS) is 12.7. The standard InChI is InChI=1S/C24H25N3O5/c1-3-11-32-24(29)16-5-8-18(9-6-16)25-23(28)19-15-27(2)26-22(19)17-7-10-20-21(14-17)31-13-4-12-30-20/h5-10,14-15H,3-4,11-13H2,1-2H3,(H,25,28). The number of nitrogens with zero attached hydrogens (tertiary/aromatic N) is 2. The smallest absolute Gasteiger partial charge is 0.338 e. The number of carbonyl (C=O) groups excluding carboxylic acids is 2. The Bertz CT molecular complexity index is 1120. The highest BCUT2D eigenvalue weighted by Crippen LogP contribution is 2.35. The molecule has 0 radical (unpaired) electrons. The summed E-state index contributed by atoms with van der Waals surface area (Å²) in [5, 5.41) is 7.34. The zero-order valence-electron chi connectivity index (χ0n) is 18.1. The molecule has 1 aliphatic rings. The number of hydrogen-bond acceptors (Lipinski definition) is 6. The van der Waals surface area contributed by atoms with Gasteiger partial charge in [-0.05, 0) is 48.9 Å². The Hall–Kier alpha value is -3.81. The van der Waals surface area contributed by atoms with Gasteiger partial charge < -0.3 is 19.5 Å². The van der Waals surface area contributed by atoms with E-state index < -0.39 is 0 Å². The van der Waals surface area contributed by atoms with Crippen LogP contribution in [-0.4, -0.2) is 41.5 Å². The quantitative estimate of drug-likeness (QED) is 0.587. The van der Waals surface area contributed by atoms with Crippen LogP contribution in [0.1, 0.15) is 40.5 Å². The number of anilines is 1. The summed E-state index contributed by atoms with van der Waals surface area (Å²) in [6.07, 6.45) is 3.25. The maximum absolute atomic E-state index is 13.0. The Labute approximate surface area is 186 Å². The van der Waals surface area contributed by atoms with Crippen LogP contribution in [0.2, 0.25) is 0 Å². The van der Waals surface area contributed by atoms with E-state index in [9.17, 15) is 9.59 Å². The highest BCUT2D eigenvalue weighted by Gasteiger charge is 2.20. The first kappa shape index (κ1) is 21.4. The van der Waals surface area contributed by atoms with Crippen LogP contribution >= 0.6 is 0 Å². The zero-order valence-corrected chi connectivity index (χ0v) is 18.1. The van der Waals surface area contributed by atoms with Crippen LogP contribution < -0.4 is 14.8 Å². The third-order valence-corrected chi connectivity index (χ3v) is 4.91. The molecule has 8 nitrogen and oxygen atoms in total. The average molecular weight is 435 g/mol. The number of aryl methyl sites for hydroxylation is 1. The van der Waals surface area contributed by atoms with Crippen molar-refractivity contribution in [1.29, 1.82) is 0 Å². The maximum Gasteiger partial charge on any atom is 0.338 e. The number of ether oxygens (including phenoxy) is 3. The van der Waals surface area contributed by atoms with E-state index >= 15 is 0 Å². The molecule has 2 heterocycles. The highest BCUT2D eigenvalue weighted by molar-refractivity contribution is 6.08. The lowest BCUT2D eigenvalue weighted by atomic mass is 10.1. The van der Waals surface area contributed by atoms with E-state index in [1.165, 1.54) is 0 Å². The van der Waals surface area contributed by atoms with E-state index in [0.717, 1.165) is 18.4 Å². The molecule has 0 spiro atoms. The largest absolute Gasteiger partial charge is 0.490 e. The van der Waals surface area contributed by atoms with Crippen molar-refractivity contribution >= 4 is 17.6 Å². The topological polar surface area (TPSA) is 91.7 Å². The molecule has 0 fully saturated rings. The van der Waals surface area contributed by atoms with Crippen molar-refractivity contribution in [2.24, 2.45) is 7.05 Å². The summed E-state index contributed by atoms with van der Waals surface area (Å²) >= 11 is 0. The minimum absolute atomic E-state index is 0.304. The number of nitrogens with one attached hydrogen (secondary N) is 1. The minimum atomic E-state index is -0.381. The van der Waals surface area contributed by atoms with E-state index in [4.69, 9.17) is 14.2 Å². The van der Waals surface area contributed by atoms with Crippen molar-refractivity contribution < 1.29 is 23.8 Å². The van der Waals surface area contributed by atoms with Gasteiger partial charge in [-0.1, -0.05) is 6.92 Å². The SMILES string of the molecule is CCCOC(=O)c1ccc(NC(=O)c2cn(C)nc2-c2ccc3c(c2)OCCCO3)cc1. The number of benzene rings is 2. The second kappa shape index (κ2) is 9.55. The lowest BCUT2D eigenvalue weighted by molar-refractivity contribution is 0.0505. The number of carbonyl (C=O) groups is 2. The van der Waals surface area contributed by atoms with Crippen LogP contribution in [-0.2, 0) is 11.8 Å². The average Bonchev–Trinajstić information content (AvgIpc) is 3.04. The first-order valence-electron chi connectivity index (χ1n) is 10.6. The van der Waals surface area contributed by atoms with Gasteiger partial charge in [0, 0.05) is 30.9 Å². The Morgan fingerprint density at radius 1 is 1.09 bits per heavy atom. The second-order valence-electron chi connectivity index (χ2n) is 7.44. The number of hydrogen-bond donors (Lipinski definition) is 1. The summed E-state index contributed by atoms with van der Waals surface area (Å²) < 4.78 is 18.2. The lowest BCUT2D eigenvalue weighted by Gasteiger charge is -2.10. The first-order chi connectivity index (χ1) is 15.5. The van der Waals surface area contributed by atoms with Gasteiger partial charge in [-0.15, -0.1) is 0 Å². The molecule has 1 N–H and O–H groups in total.